The minimum atomic E-state index is -0.528. The Hall–Kier alpha value is -1.48. The van der Waals surface area contributed by atoms with Crippen LogP contribution in [0.4, 0.5) is 5.69 Å². The van der Waals surface area contributed by atoms with Crippen molar-refractivity contribution in [3.8, 4) is 0 Å². The number of carbonyl (C=O) groups is 1. The van der Waals surface area contributed by atoms with E-state index in [9.17, 15) is 4.79 Å². The minimum Gasteiger partial charge on any atom is -0.398 e. The monoisotopic (exact) mass is 196 g/mol. The van der Waals surface area contributed by atoms with Gasteiger partial charge in [0.15, 0.2) is 0 Å². The van der Waals surface area contributed by atoms with Crippen molar-refractivity contribution >= 4 is 29.3 Å². The second kappa shape index (κ2) is 3.96. The quantitative estimate of drug-likeness (QED) is 0.555. The molecule has 68 valence electrons. The summed E-state index contributed by atoms with van der Waals surface area (Å²) >= 11 is 5.83. The van der Waals surface area contributed by atoms with Gasteiger partial charge in [-0.1, -0.05) is 17.7 Å². The van der Waals surface area contributed by atoms with E-state index < -0.39 is 5.91 Å². The fourth-order valence-electron chi connectivity index (χ4n) is 0.895. The Balaban J connectivity index is 3.06. The van der Waals surface area contributed by atoms with E-state index in [0.717, 1.165) is 0 Å². The lowest BCUT2D eigenvalue weighted by molar-refractivity contribution is -0.113. The van der Waals surface area contributed by atoms with Crippen molar-refractivity contribution in [2.24, 2.45) is 5.73 Å². The van der Waals surface area contributed by atoms with Gasteiger partial charge in [-0.3, -0.25) is 4.79 Å². The minimum absolute atomic E-state index is 0.498. The molecule has 0 aromatic heterocycles. The first-order valence-electron chi connectivity index (χ1n) is 3.63. The zero-order valence-corrected chi connectivity index (χ0v) is 7.58. The van der Waals surface area contributed by atoms with Crippen LogP contribution in [0.3, 0.4) is 0 Å². The van der Waals surface area contributed by atoms with Crippen LogP contribution in [0.15, 0.2) is 24.3 Å². The predicted octanol–water partition coefficient (Wildman–Crippen LogP) is 1.42. The molecule has 0 atom stereocenters. The molecule has 13 heavy (non-hydrogen) atoms. The number of benzene rings is 1. The Kier molecular flexibility index (Phi) is 2.93. The maximum absolute atomic E-state index is 10.4. The number of rotatable bonds is 2. The number of hydrogen-bond donors (Lipinski definition) is 2. The molecule has 0 spiro atoms. The second-order valence-corrected chi connectivity index (χ2v) is 2.89. The van der Waals surface area contributed by atoms with E-state index in [1.165, 1.54) is 12.2 Å². The second-order valence-electron chi connectivity index (χ2n) is 2.48. The average Bonchev–Trinajstić information content (AvgIpc) is 2.03. The van der Waals surface area contributed by atoms with Gasteiger partial charge in [-0.25, -0.2) is 0 Å². The van der Waals surface area contributed by atoms with Crippen molar-refractivity contribution in [1.29, 1.82) is 0 Å². The first-order valence-corrected chi connectivity index (χ1v) is 4.00. The zero-order valence-electron chi connectivity index (χ0n) is 6.83. The van der Waals surface area contributed by atoms with Gasteiger partial charge in [-0.2, -0.15) is 0 Å². The predicted molar refractivity (Wildman–Crippen MR) is 54.1 cm³/mol. The van der Waals surface area contributed by atoms with E-state index in [2.05, 4.69) is 0 Å². The average molecular weight is 197 g/mol. The third kappa shape index (κ3) is 2.49. The van der Waals surface area contributed by atoms with Crippen LogP contribution in [0.2, 0.25) is 5.02 Å². The van der Waals surface area contributed by atoms with Crippen LogP contribution in [-0.2, 0) is 4.79 Å². The number of halogens is 1. The molecule has 0 saturated carbocycles. The molecule has 0 unspecified atom stereocenters. The van der Waals surface area contributed by atoms with Crippen LogP contribution < -0.4 is 11.5 Å². The van der Waals surface area contributed by atoms with E-state index in [0.29, 0.717) is 16.3 Å². The number of hydrogen-bond acceptors (Lipinski definition) is 2. The van der Waals surface area contributed by atoms with Gasteiger partial charge in [0.05, 0.1) is 0 Å². The van der Waals surface area contributed by atoms with Gasteiger partial charge in [0.25, 0.3) is 0 Å². The largest absolute Gasteiger partial charge is 0.398 e. The highest BCUT2D eigenvalue weighted by Gasteiger charge is 1.99. The lowest BCUT2D eigenvalue weighted by Crippen LogP contribution is -2.05. The summed E-state index contributed by atoms with van der Waals surface area (Å²) in [6, 6.07) is 5.13. The van der Waals surface area contributed by atoms with E-state index in [4.69, 9.17) is 23.1 Å². The molecule has 0 heterocycles. The van der Waals surface area contributed by atoms with Gasteiger partial charge in [0.2, 0.25) is 5.91 Å². The van der Waals surface area contributed by atoms with Gasteiger partial charge >= 0.3 is 0 Å². The van der Waals surface area contributed by atoms with Crippen LogP contribution in [0.1, 0.15) is 5.56 Å². The maximum atomic E-state index is 10.4. The van der Waals surface area contributed by atoms with Crippen molar-refractivity contribution in [1.82, 2.24) is 0 Å². The Morgan fingerprint density at radius 1 is 1.46 bits per heavy atom. The Morgan fingerprint density at radius 3 is 2.69 bits per heavy atom. The molecule has 4 heteroatoms. The zero-order chi connectivity index (χ0) is 9.84. The molecule has 1 aromatic rings. The van der Waals surface area contributed by atoms with E-state index in [1.54, 1.807) is 18.2 Å². The third-order valence-electron chi connectivity index (χ3n) is 1.50. The summed E-state index contributed by atoms with van der Waals surface area (Å²) < 4.78 is 0. The van der Waals surface area contributed by atoms with Crippen molar-refractivity contribution in [2.45, 2.75) is 0 Å². The highest BCUT2D eigenvalue weighted by atomic mass is 35.5. The molecule has 1 rings (SSSR count). The number of amides is 1. The maximum Gasteiger partial charge on any atom is 0.241 e. The van der Waals surface area contributed by atoms with Gasteiger partial charge in [0, 0.05) is 22.3 Å². The Bertz CT molecular complexity index is 340. The summed E-state index contributed by atoms with van der Waals surface area (Å²) in [7, 11) is 0. The van der Waals surface area contributed by atoms with Crippen molar-refractivity contribution in [3.63, 3.8) is 0 Å². The summed E-state index contributed by atoms with van der Waals surface area (Å²) in [5.74, 6) is -0.528. The molecule has 0 aliphatic rings. The van der Waals surface area contributed by atoms with E-state index >= 15 is 0 Å². The number of primary amides is 1. The number of anilines is 1. The van der Waals surface area contributed by atoms with Crippen LogP contribution in [-0.4, -0.2) is 5.91 Å². The van der Waals surface area contributed by atoms with Crippen molar-refractivity contribution < 1.29 is 4.79 Å². The Morgan fingerprint density at radius 2 is 2.15 bits per heavy atom. The van der Waals surface area contributed by atoms with Crippen LogP contribution in [0.25, 0.3) is 6.08 Å². The number of nitrogen functional groups attached to an aromatic ring is 1. The highest BCUT2D eigenvalue weighted by molar-refractivity contribution is 6.32. The first kappa shape index (κ1) is 9.61. The van der Waals surface area contributed by atoms with Gasteiger partial charge in [-0.15, -0.1) is 0 Å². The molecule has 0 aliphatic heterocycles. The molecule has 1 amide bonds. The fraction of sp³-hybridized carbons (Fsp3) is 0. The lowest BCUT2D eigenvalue weighted by Gasteiger charge is -2.01. The smallest absolute Gasteiger partial charge is 0.241 e. The van der Waals surface area contributed by atoms with Crippen molar-refractivity contribution in [3.05, 3.63) is 34.9 Å². The number of carbonyl (C=O) groups excluding carboxylic acids is 1. The van der Waals surface area contributed by atoms with E-state index in [1.807, 2.05) is 0 Å². The fourth-order valence-corrected chi connectivity index (χ4v) is 1.14. The molecule has 1 aromatic carbocycles. The molecular weight excluding hydrogens is 188 g/mol. The van der Waals surface area contributed by atoms with Gasteiger partial charge in [-0.05, 0) is 18.2 Å². The summed E-state index contributed by atoms with van der Waals surface area (Å²) in [4.78, 5) is 10.4. The molecule has 0 saturated heterocycles. The topological polar surface area (TPSA) is 69.1 Å². The van der Waals surface area contributed by atoms with Crippen LogP contribution in [0, 0.1) is 0 Å². The first-order chi connectivity index (χ1) is 6.11. The highest BCUT2D eigenvalue weighted by Crippen LogP contribution is 2.22. The Labute approximate surface area is 81.0 Å². The molecule has 4 N–H and O–H groups in total. The van der Waals surface area contributed by atoms with Gasteiger partial charge < -0.3 is 11.5 Å². The standard InChI is InChI=1S/C9H9ClN2O/c10-7-2-1-3-8(11)6(7)4-5-9(12)13/h1-5H,11H2,(H2,12,13). The molecule has 3 nitrogen and oxygen atoms in total. The molecule has 0 radical (unpaired) electrons. The van der Waals surface area contributed by atoms with Crippen LogP contribution >= 0.6 is 11.6 Å². The molecular formula is C9H9ClN2O. The third-order valence-corrected chi connectivity index (χ3v) is 1.83. The normalized spacial score (nSPS) is 10.5. The van der Waals surface area contributed by atoms with Crippen molar-refractivity contribution in [2.75, 3.05) is 5.73 Å². The summed E-state index contributed by atoms with van der Waals surface area (Å²) in [5.41, 5.74) is 11.7. The molecule has 0 fully saturated rings. The van der Waals surface area contributed by atoms with Crippen LogP contribution in [0.5, 0.6) is 0 Å². The summed E-state index contributed by atoms with van der Waals surface area (Å²) in [6.45, 7) is 0. The molecule has 0 aliphatic carbocycles. The summed E-state index contributed by atoms with van der Waals surface area (Å²) in [5, 5.41) is 0.498. The number of nitrogens with two attached hydrogens (primary N) is 2. The lowest BCUT2D eigenvalue weighted by atomic mass is 10.1. The SMILES string of the molecule is NC(=O)C=Cc1c(N)cccc1Cl. The van der Waals surface area contributed by atoms with E-state index in [-0.39, 0.29) is 0 Å². The summed E-state index contributed by atoms with van der Waals surface area (Å²) in [6.07, 6.45) is 2.72. The molecule has 0 bridgehead atoms. The van der Waals surface area contributed by atoms with Gasteiger partial charge in [0.1, 0.15) is 0 Å².